The van der Waals surface area contributed by atoms with Gasteiger partial charge in [0.05, 0.1) is 17.6 Å². The van der Waals surface area contributed by atoms with Gasteiger partial charge in [-0.15, -0.1) is 5.10 Å². The average Bonchev–Trinajstić information content (AvgIpc) is 2.68. The van der Waals surface area contributed by atoms with Crippen LogP contribution in [-0.2, 0) is 6.42 Å². The Morgan fingerprint density at radius 2 is 2.00 bits per heavy atom. The van der Waals surface area contributed by atoms with Crippen molar-refractivity contribution in [3.8, 4) is 5.69 Å². The van der Waals surface area contributed by atoms with E-state index in [1.165, 1.54) is 0 Å². The quantitative estimate of drug-likeness (QED) is 0.855. The van der Waals surface area contributed by atoms with E-state index in [-0.39, 0.29) is 0 Å². The number of nitrogens with two attached hydrogens (primary N) is 1. The summed E-state index contributed by atoms with van der Waals surface area (Å²) >= 11 is 5.81. The lowest BCUT2D eigenvalue weighted by Crippen LogP contribution is -2.08. The normalized spacial score (nSPS) is 10.5. The highest BCUT2D eigenvalue weighted by Crippen LogP contribution is 2.14. The molecular formula is C10H11ClN4. The summed E-state index contributed by atoms with van der Waals surface area (Å²) in [4.78, 5) is 0. The maximum atomic E-state index is 5.81. The topological polar surface area (TPSA) is 56.7 Å². The molecule has 0 fully saturated rings. The predicted molar refractivity (Wildman–Crippen MR) is 59.1 cm³/mol. The lowest BCUT2D eigenvalue weighted by Gasteiger charge is -2.04. The van der Waals surface area contributed by atoms with Crippen molar-refractivity contribution in [1.82, 2.24) is 15.0 Å². The zero-order valence-corrected chi connectivity index (χ0v) is 8.85. The van der Waals surface area contributed by atoms with Crippen molar-refractivity contribution in [2.45, 2.75) is 6.42 Å². The molecule has 0 radical (unpaired) electrons. The van der Waals surface area contributed by atoms with Crippen LogP contribution in [0.15, 0.2) is 30.5 Å². The molecule has 0 aliphatic rings. The molecule has 0 amide bonds. The van der Waals surface area contributed by atoms with Crippen molar-refractivity contribution in [3.63, 3.8) is 0 Å². The first kappa shape index (κ1) is 10.1. The molecular weight excluding hydrogens is 212 g/mol. The maximum absolute atomic E-state index is 5.81. The molecule has 1 aromatic heterocycles. The fourth-order valence-electron chi connectivity index (χ4n) is 1.37. The Bertz CT molecular complexity index is 435. The van der Waals surface area contributed by atoms with Gasteiger partial charge in [0.2, 0.25) is 0 Å². The Hall–Kier alpha value is -1.39. The number of hydrogen-bond acceptors (Lipinski definition) is 3. The molecule has 2 N–H and O–H groups in total. The molecule has 0 spiro atoms. The second-order valence-corrected chi connectivity index (χ2v) is 3.59. The average molecular weight is 223 g/mol. The highest BCUT2D eigenvalue weighted by Gasteiger charge is 2.04. The van der Waals surface area contributed by atoms with Crippen LogP contribution in [0, 0.1) is 0 Å². The maximum Gasteiger partial charge on any atom is 0.0730 e. The van der Waals surface area contributed by atoms with Crippen LogP contribution in [0.4, 0.5) is 0 Å². The van der Waals surface area contributed by atoms with Crippen LogP contribution in [0.1, 0.15) is 5.69 Å². The summed E-state index contributed by atoms with van der Waals surface area (Å²) in [6.07, 6.45) is 2.48. The zero-order valence-electron chi connectivity index (χ0n) is 8.10. The van der Waals surface area contributed by atoms with Crippen LogP contribution in [-0.4, -0.2) is 21.5 Å². The van der Waals surface area contributed by atoms with Gasteiger partial charge in [-0.25, -0.2) is 4.68 Å². The van der Waals surface area contributed by atoms with Crippen molar-refractivity contribution >= 4 is 11.6 Å². The van der Waals surface area contributed by atoms with Gasteiger partial charge >= 0.3 is 0 Å². The summed E-state index contributed by atoms with van der Waals surface area (Å²) < 4.78 is 1.77. The van der Waals surface area contributed by atoms with Crippen LogP contribution >= 0.6 is 11.6 Å². The minimum Gasteiger partial charge on any atom is -0.330 e. The van der Waals surface area contributed by atoms with E-state index in [1.807, 2.05) is 24.3 Å². The molecule has 0 saturated carbocycles. The van der Waals surface area contributed by atoms with Gasteiger partial charge in [-0.2, -0.15) is 0 Å². The molecule has 4 nitrogen and oxygen atoms in total. The van der Waals surface area contributed by atoms with Gasteiger partial charge in [0, 0.05) is 11.4 Å². The zero-order chi connectivity index (χ0) is 10.7. The summed E-state index contributed by atoms with van der Waals surface area (Å²) in [5, 5.41) is 8.57. The van der Waals surface area contributed by atoms with E-state index in [2.05, 4.69) is 10.3 Å². The summed E-state index contributed by atoms with van der Waals surface area (Å²) in [7, 11) is 0. The first-order valence-electron chi connectivity index (χ1n) is 4.67. The van der Waals surface area contributed by atoms with Crippen LogP contribution in [0.5, 0.6) is 0 Å². The highest BCUT2D eigenvalue weighted by molar-refractivity contribution is 6.30. The van der Waals surface area contributed by atoms with Gasteiger partial charge in [0.25, 0.3) is 0 Å². The molecule has 2 aromatic rings. The first-order valence-corrected chi connectivity index (χ1v) is 5.04. The Balaban J connectivity index is 2.36. The van der Waals surface area contributed by atoms with Gasteiger partial charge in [0.1, 0.15) is 0 Å². The Morgan fingerprint density at radius 1 is 1.27 bits per heavy atom. The van der Waals surface area contributed by atoms with Crippen LogP contribution < -0.4 is 5.73 Å². The number of aromatic nitrogens is 3. The van der Waals surface area contributed by atoms with Gasteiger partial charge in [0.15, 0.2) is 0 Å². The largest absolute Gasteiger partial charge is 0.330 e. The summed E-state index contributed by atoms with van der Waals surface area (Å²) in [5.74, 6) is 0. The second-order valence-electron chi connectivity index (χ2n) is 3.15. The second kappa shape index (κ2) is 4.42. The first-order chi connectivity index (χ1) is 7.31. The molecule has 78 valence electrons. The van der Waals surface area contributed by atoms with E-state index in [9.17, 15) is 0 Å². The molecule has 0 aliphatic heterocycles. The third-order valence-corrected chi connectivity index (χ3v) is 2.34. The molecule has 0 saturated heterocycles. The third kappa shape index (κ3) is 2.16. The predicted octanol–water partition coefficient (Wildman–Crippen LogP) is 1.42. The Labute approximate surface area is 92.7 Å². The number of hydrogen-bond donors (Lipinski definition) is 1. The SMILES string of the molecule is NCCc1cnnn1-c1ccc(Cl)cc1. The van der Waals surface area contributed by atoms with Gasteiger partial charge in [-0.1, -0.05) is 16.8 Å². The number of halogens is 1. The molecule has 1 heterocycles. The van der Waals surface area contributed by atoms with E-state index in [0.717, 1.165) is 17.8 Å². The van der Waals surface area contributed by atoms with Crippen molar-refractivity contribution in [2.24, 2.45) is 5.73 Å². The van der Waals surface area contributed by atoms with Crippen molar-refractivity contribution in [1.29, 1.82) is 0 Å². The van der Waals surface area contributed by atoms with Crippen LogP contribution in [0.25, 0.3) is 5.69 Å². The van der Waals surface area contributed by atoms with Crippen molar-refractivity contribution in [3.05, 3.63) is 41.2 Å². The molecule has 1 aromatic carbocycles. The van der Waals surface area contributed by atoms with E-state index in [0.29, 0.717) is 11.6 Å². The monoisotopic (exact) mass is 222 g/mol. The Morgan fingerprint density at radius 3 is 2.67 bits per heavy atom. The van der Waals surface area contributed by atoms with E-state index < -0.39 is 0 Å². The lowest BCUT2D eigenvalue weighted by molar-refractivity contribution is 0.755. The van der Waals surface area contributed by atoms with Gasteiger partial charge < -0.3 is 5.73 Å². The molecule has 0 atom stereocenters. The van der Waals surface area contributed by atoms with Crippen molar-refractivity contribution in [2.75, 3.05) is 6.54 Å². The van der Waals surface area contributed by atoms with E-state index >= 15 is 0 Å². The minimum atomic E-state index is 0.584. The Kier molecular flexibility index (Phi) is 2.99. The molecule has 0 aliphatic carbocycles. The number of rotatable bonds is 3. The van der Waals surface area contributed by atoms with Crippen LogP contribution in [0.3, 0.4) is 0 Å². The van der Waals surface area contributed by atoms with Crippen LogP contribution in [0.2, 0.25) is 5.02 Å². The lowest BCUT2D eigenvalue weighted by atomic mass is 10.3. The molecule has 0 unspecified atom stereocenters. The van der Waals surface area contributed by atoms with E-state index in [1.54, 1.807) is 10.9 Å². The smallest absolute Gasteiger partial charge is 0.0730 e. The summed E-state index contributed by atoms with van der Waals surface area (Å²) in [5.41, 5.74) is 7.45. The molecule has 0 bridgehead atoms. The minimum absolute atomic E-state index is 0.584. The standard InChI is InChI=1S/C10H11ClN4/c11-8-1-3-9(4-2-8)15-10(5-6-12)7-13-14-15/h1-4,7H,5-6,12H2. The summed E-state index contributed by atoms with van der Waals surface area (Å²) in [6, 6.07) is 7.45. The third-order valence-electron chi connectivity index (χ3n) is 2.09. The number of benzene rings is 1. The fraction of sp³-hybridized carbons (Fsp3) is 0.200. The molecule has 15 heavy (non-hydrogen) atoms. The van der Waals surface area contributed by atoms with E-state index in [4.69, 9.17) is 17.3 Å². The van der Waals surface area contributed by atoms with Crippen molar-refractivity contribution < 1.29 is 0 Å². The highest BCUT2D eigenvalue weighted by atomic mass is 35.5. The van der Waals surface area contributed by atoms with Gasteiger partial charge in [-0.05, 0) is 30.8 Å². The van der Waals surface area contributed by atoms with Gasteiger partial charge in [-0.3, -0.25) is 0 Å². The fourth-order valence-corrected chi connectivity index (χ4v) is 1.50. The summed E-state index contributed by atoms with van der Waals surface area (Å²) in [6.45, 7) is 0.584. The number of nitrogens with zero attached hydrogens (tertiary/aromatic N) is 3. The molecule has 5 heteroatoms. The molecule has 2 rings (SSSR count).